The minimum atomic E-state index is -0.194. The van der Waals surface area contributed by atoms with Crippen molar-refractivity contribution < 1.29 is 9.21 Å². The van der Waals surface area contributed by atoms with Crippen LogP contribution in [-0.4, -0.2) is 25.7 Å². The van der Waals surface area contributed by atoms with E-state index in [4.69, 9.17) is 4.42 Å². The molecule has 3 aromatic heterocycles. The van der Waals surface area contributed by atoms with Crippen molar-refractivity contribution in [3.05, 3.63) is 60.2 Å². The third-order valence-electron chi connectivity index (χ3n) is 2.91. The Kier molecular flexibility index (Phi) is 3.46. The fourth-order valence-corrected chi connectivity index (χ4v) is 1.87. The van der Waals surface area contributed by atoms with Gasteiger partial charge in [-0.05, 0) is 31.2 Å². The predicted octanol–water partition coefficient (Wildman–Crippen LogP) is 1.49. The molecule has 0 spiro atoms. The lowest BCUT2D eigenvalue weighted by Crippen LogP contribution is -2.22. The number of hydrogen-bond donors (Lipinski definition) is 1. The van der Waals surface area contributed by atoms with Crippen LogP contribution < -0.4 is 5.32 Å². The van der Waals surface area contributed by atoms with E-state index in [9.17, 15) is 4.79 Å². The number of furan rings is 1. The largest absolute Gasteiger partial charge is 0.465 e. The SMILES string of the molecule is Cc1ccc(CNC(=O)c2ccnc(-n3cnnc3)c2)o1. The molecule has 3 aromatic rings. The number of aromatic nitrogens is 4. The highest BCUT2D eigenvalue weighted by Gasteiger charge is 2.08. The Bertz CT molecular complexity index is 748. The first-order valence-corrected chi connectivity index (χ1v) is 6.37. The average Bonchev–Trinajstić information content (AvgIpc) is 3.16. The highest BCUT2D eigenvalue weighted by molar-refractivity contribution is 5.94. The van der Waals surface area contributed by atoms with E-state index in [1.54, 1.807) is 22.9 Å². The molecule has 0 bridgehead atoms. The molecule has 0 aliphatic carbocycles. The molecule has 0 aliphatic rings. The first-order valence-electron chi connectivity index (χ1n) is 6.37. The summed E-state index contributed by atoms with van der Waals surface area (Å²) in [5.41, 5.74) is 0.511. The van der Waals surface area contributed by atoms with Crippen LogP contribution >= 0.6 is 0 Å². The number of pyridine rings is 1. The molecule has 0 saturated heterocycles. The molecule has 0 radical (unpaired) electrons. The van der Waals surface area contributed by atoms with Gasteiger partial charge >= 0.3 is 0 Å². The number of nitrogens with one attached hydrogen (secondary N) is 1. The summed E-state index contributed by atoms with van der Waals surface area (Å²) in [4.78, 5) is 16.3. The molecule has 3 heterocycles. The van der Waals surface area contributed by atoms with Crippen LogP contribution in [0.3, 0.4) is 0 Å². The van der Waals surface area contributed by atoms with Crippen LogP contribution in [0.5, 0.6) is 0 Å². The molecule has 0 atom stereocenters. The van der Waals surface area contributed by atoms with Gasteiger partial charge in [-0.3, -0.25) is 9.36 Å². The summed E-state index contributed by atoms with van der Waals surface area (Å²) >= 11 is 0. The minimum absolute atomic E-state index is 0.194. The third-order valence-corrected chi connectivity index (χ3v) is 2.91. The van der Waals surface area contributed by atoms with Crippen molar-refractivity contribution in [3.63, 3.8) is 0 Å². The summed E-state index contributed by atoms with van der Waals surface area (Å²) in [6.45, 7) is 2.20. The summed E-state index contributed by atoms with van der Waals surface area (Å²) in [5.74, 6) is 1.93. The van der Waals surface area contributed by atoms with Gasteiger partial charge in [0.05, 0.1) is 6.54 Å². The molecule has 0 aromatic carbocycles. The van der Waals surface area contributed by atoms with Crippen molar-refractivity contribution >= 4 is 5.91 Å². The van der Waals surface area contributed by atoms with Crippen molar-refractivity contribution in [1.82, 2.24) is 25.1 Å². The maximum atomic E-state index is 12.1. The van der Waals surface area contributed by atoms with E-state index in [1.807, 2.05) is 19.1 Å². The zero-order valence-corrected chi connectivity index (χ0v) is 11.4. The smallest absolute Gasteiger partial charge is 0.251 e. The molecule has 0 saturated carbocycles. The summed E-state index contributed by atoms with van der Waals surface area (Å²) in [5, 5.41) is 10.2. The predicted molar refractivity (Wildman–Crippen MR) is 73.8 cm³/mol. The standard InChI is InChI=1S/C14H13N5O2/c1-10-2-3-12(21-10)7-16-14(20)11-4-5-15-13(6-11)19-8-17-18-9-19/h2-6,8-9H,7H2,1H3,(H,16,20). The monoisotopic (exact) mass is 283 g/mol. The Morgan fingerprint density at radius 3 is 2.81 bits per heavy atom. The Morgan fingerprint density at radius 1 is 1.29 bits per heavy atom. The lowest BCUT2D eigenvalue weighted by molar-refractivity contribution is 0.0947. The Hall–Kier alpha value is -2.96. The summed E-state index contributed by atoms with van der Waals surface area (Å²) in [6, 6.07) is 7.02. The van der Waals surface area contributed by atoms with Crippen LogP contribution in [0.25, 0.3) is 5.82 Å². The number of hydrogen-bond acceptors (Lipinski definition) is 5. The second kappa shape index (κ2) is 5.58. The molecule has 3 rings (SSSR count). The van der Waals surface area contributed by atoms with Crippen LogP contribution in [-0.2, 0) is 6.54 Å². The molecule has 0 fully saturated rings. The second-order valence-corrected chi connectivity index (χ2v) is 4.47. The molecule has 1 amide bonds. The van der Waals surface area contributed by atoms with Gasteiger partial charge in [0.2, 0.25) is 0 Å². The summed E-state index contributed by atoms with van der Waals surface area (Å²) in [7, 11) is 0. The van der Waals surface area contributed by atoms with Gasteiger partial charge in [0.15, 0.2) is 0 Å². The number of carbonyl (C=O) groups excluding carboxylic acids is 1. The topological polar surface area (TPSA) is 85.8 Å². The number of carbonyl (C=O) groups is 1. The van der Waals surface area contributed by atoms with Crippen LogP contribution in [0.4, 0.5) is 0 Å². The molecule has 1 N–H and O–H groups in total. The summed E-state index contributed by atoms with van der Waals surface area (Å²) in [6.07, 6.45) is 4.62. The number of aryl methyl sites for hydroxylation is 1. The quantitative estimate of drug-likeness (QED) is 0.784. The number of amides is 1. The van der Waals surface area contributed by atoms with Gasteiger partial charge in [0.1, 0.15) is 30.0 Å². The van der Waals surface area contributed by atoms with Crippen molar-refractivity contribution in [2.75, 3.05) is 0 Å². The zero-order valence-electron chi connectivity index (χ0n) is 11.4. The molecule has 21 heavy (non-hydrogen) atoms. The first kappa shape index (κ1) is 13.0. The van der Waals surface area contributed by atoms with Crippen molar-refractivity contribution in [2.24, 2.45) is 0 Å². The molecule has 106 valence electrons. The lowest BCUT2D eigenvalue weighted by Gasteiger charge is -2.05. The Labute approximate surface area is 120 Å². The van der Waals surface area contributed by atoms with E-state index in [-0.39, 0.29) is 5.91 Å². The second-order valence-electron chi connectivity index (χ2n) is 4.47. The van der Waals surface area contributed by atoms with Gasteiger partial charge in [0, 0.05) is 11.8 Å². The highest BCUT2D eigenvalue weighted by Crippen LogP contribution is 2.08. The normalized spacial score (nSPS) is 10.5. The molecular weight excluding hydrogens is 270 g/mol. The average molecular weight is 283 g/mol. The maximum absolute atomic E-state index is 12.1. The number of nitrogens with zero attached hydrogens (tertiary/aromatic N) is 4. The fraction of sp³-hybridized carbons (Fsp3) is 0.143. The highest BCUT2D eigenvalue weighted by atomic mass is 16.3. The fourth-order valence-electron chi connectivity index (χ4n) is 1.87. The Balaban J connectivity index is 1.71. The van der Waals surface area contributed by atoms with E-state index in [0.29, 0.717) is 23.7 Å². The van der Waals surface area contributed by atoms with Gasteiger partial charge < -0.3 is 9.73 Å². The zero-order chi connectivity index (χ0) is 14.7. The van der Waals surface area contributed by atoms with Crippen LogP contribution in [0, 0.1) is 6.92 Å². The van der Waals surface area contributed by atoms with Crippen molar-refractivity contribution in [2.45, 2.75) is 13.5 Å². The van der Waals surface area contributed by atoms with Crippen LogP contribution in [0.15, 0.2) is 47.5 Å². The Morgan fingerprint density at radius 2 is 2.10 bits per heavy atom. The summed E-state index contributed by atoms with van der Waals surface area (Å²) < 4.78 is 7.04. The first-order chi connectivity index (χ1) is 10.2. The van der Waals surface area contributed by atoms with Crippen LogP contribution in [0.1, 0.15) is 21.9 Å². The molecular formula is C14H13N5O2. The van der Waals surface area contributed by atoms with Crippen LogP contribution in [0.2, 0.25) is 0 Å². The van der Waals surface area contributed by atoms with E-state index in [2.05, 4.69) is 20.5 Å². The van der Waals surface area contributed by atoms with Gasteiger partial charge in [-0.2, -0.15) is 0 Å². The van der Waals surface area contributed by atoms with Crippen molar-refractivity contribution in [1.29, 1.82) is 0 Å². The molecule has 0 unspecified atom stereocenters. The minimum Gasteiger partial charge on any atom is -0.465 e. The van der Waals surface area contributed by atoms with E-state index in [0.717, 1.165) is 5.76 Å². The van der Waals surface area contributed by atoms with Gasteiger partial charge in [0.25, 0.3) is 5.91 Å². The third kappa shape index (κ3) is 2.97. The maximum Gasteiger partial charge on any atom is 0.251 e. The van der Waals surface area contributed by atoms with E-state index < -0.39 is 0 Å². The number of rotatable bonds is 4. The van der Waals surface area contributed by atoms with E-state index in [1.165, 1.54) is 12.7 Å². The van der Waals surface area contributed by atoms with Crippen molar-refractivity contribution in [3.8, 4) is 5.82 Å². The van der Waals surface area contributed by atoms with E-state index >= 15 is 0 Å². The van der Waals surface area contributed by atoms with Gasteiger partial charge in [-0.15, -0.1) is 10.2 Å². The lowest BCUT2D eigenvalue weighted by atomic mass is 10.2. The molecule has 7 heteroatoms. The van der Waals surface area contributed by atoms with Gasteiger partial charge in [-0.1, -0.05) is 0 Å². The molecule has 0 aliphatic heterocycles. The molecule has 7 nitrogen and oxygen atoms in total. The van der Waals surface area contributed by atoms with Gasteiger partial charge in [-0.25, -0.2) is 4.98 Å².